The minimum absolute atomic E-state index is 0.697. The van der Waals surface area contributed by atoms with Crippen LogP contribution in [0.5, 0.6) is 0 Å². The molecule has 0 saturated carbocycles. The monoisotopic (exact) mass is 183 g/mol. The van der Waals surface area contributed by atoms with Crippen LogP contribution in [0.3, 0.4) is 0 Å². The fourth-order valence-corrected chi connectivity index (χ4v) is 2.08. The van der Waals surface area contributed by atoms with Gasteiger partial charge in [-0.15, -0.1) is 11.3 Å². The lowest BCUT2D eigenvalue weighted by Crippen LogP contribution is -2.10. The molecule has 68 valence electrons. The lowest BCUT2D eigenvalue weighted by molar-refractivity contribution is 0.638. The third kappa shape index (κ3) is 2.61. The summed E-state index contributed by atoms with van der Waals surface area (Å²) in [5.41, 5.74) is 1.49. The molecule has 12 heavy (non-hydrogen) atoms. The Balaban J connectivity index is 2.47. The minimum atomic E-state index is 0.697. The summed E-state index contributed by atoms with van der Waals surface area (Å²) in [5, 5.41) is 5.45. The molecule has 2 heteroatoms. The van der Waals surface area contributed by atoms with Gasteiger partial charge in [-0.1, -0.05) is 6.92 Å². The van der Waals surface area contributed by atoms with Crippen LogP contribution < -0.4 is 5.32 Å². The van der Waals surface area contributed by atoms with Crippen LogP contribution in [-0.4, -0.2) is 13.6 Å². The molecule has 0 spiro atoms. The Kier molecular flexibility index (Phi) is 3.76. The molecule has 0 amide bonds. The Morgan fingerprint density at radius 3 is 2.83 bits per heavy atom. The van der Waals surface area contributed by atoms with Crippen LogP contribution in [0.1, 0.15) is 29.7 Å². The van der Waals surface area contributed by atoms with Crippen molar-refractivity contribution in [2.45, 2.75) is 26.2 Å². The van der Waals surface area contributed by atoms with Crippen molar-refractivity contribution in [3.63, 3.8) is 0 Å². The van der Waals surface area contributed by atoms with Gasteiger partial charge in [-0.05, 0) is 49.9 Å². The Labute approximate surface area is 78.8 Å². The summed E-state index contributed by atoms with van der Waals surface area (Å²) >= 11 is 1.85. The normalized spacial score (nSPS) is 13.2. The topological polar surface area (TPSA) is 12.0 Å². The van der Waals surface area contributed by atoms with E-state index >= 15 is 0 Å². The van der Waals surface area contributed by atoms with Crippen molar-refractivity contribution in [2.24, 2.45) is 0 Å². The first-order valence-corrected chi connectivity index (χ1v) is 5.31. The summed E-state index contributed by atoms with van der Waals surface area (Å²) in [6, 6.07) is 2.30. The van der Waals surface area contributed by atoms with Crippen molar-refractivity contribution in [3.05, 3.63) is 21.9 Å². The van der Waals surface area contributed by atoms with Gasteiger partial charge in [0.2, 0.25) is 0 Å². The molecule has 1 heterocycles. The van der Waals surface area contributed by atoms with E-state index in [1.165, 1.54) is 16.9 Å². The van der Waals surface area contributed by atoms with Gasteiger partial charge in [0.25, 0.3) is 0 Å². The number of hydrogen-bond donors (Lipinski definition) is 1. The fourth-order valence-electron chi connectivity index (χ4n) is 1.25. The van der Waals surface area contributed by atoms with E-state index in [1.807, 2.05) is 18.4 Å². The Morgan fingerprint density at radius 2 is 2.33 bits per heavy atom. The van der Waals surface area contributed by atoms with Crippen LogP contribution in [-0.2, 0) is 0 Å². The zero-order chi connectivity index (χ0) is 8.97. The van der Waals surface area contributed by atoms with E-state index in [2.05, 4.69) is 30.6 Å². The largest absolute Gasteiger partial charge is 0.320 e. The van der Waals surface area contributed by atoms with Crippen molar-refractivity contribution in [1.29, 1.82) is 0 Å². The molecular weight excluding hydrogens is 166 g/mol. The molecule has 1 N–H and O–H groups in total. The highest BCUT2D eigenvalue weighted by Crippen LogP contribution is 2.23. The van der Waals surface area contributed by atoms with E-state index in [0.717, 1.165) is 6.54 Å². The van der Waals surface area contributed by atoms with Gasteiger partial charge in [-0.3, -0.25) is 0 Å². The maximum absolute atomic E-state index is 3.18. The van der Waals surface area contributed by atoms with Gasteiger partial charge in [0, 0.05) is 4.88 Å². The SMILES string of the molecule is CNCCC(C)c1csc(C)c1. The Morgan fingerprint density at radius 1 is 1.58 bits per heavy atom. The predicted molar refractivity (Wildman–Crippen MR) is 56.0 cm³/mol. The number of aryl methyl sites for hydroxylation is 1. The van der Waals surface area contributed by atoms with E-state index in [9.17, 15) is 0 Å². The van der Waals surface area contributed by atoms with E-state index < -0.39 is 0 Å². The second-order valence-corrected chi connectivity index (χ2v) is 4.40. The van der Waals surface area contributed by atoms with Crippen molar-refractivity contribution in [1.82, 2.24) is 5.32 Å². The Bertz CT molecular complexity index is 229. The molecule has 0 bridgehead atoms. The second-order valence-electron chi connectivity index (χ2n) is 3.28. The van der Waals surface area contributed by atoms with Gasteiger partial charge in [-0.25, -0.2) is 0 Å². The summed E-state index contributed by atoms with van der Waals surface area (Å²) in [6.45, 7) is 5.56. The molecule has 1 atom stereocenters. The highest BCUT2D eigenvalue weighted by atomic mass is 32.1. The quantitative estimate of drug-likeness (QED) is 0.757. The lowest BCUT2D eigenvalue weighted by Gasteiger charge is -2.07. The first-order valence-electron chi connectivity index (χ1n) is 4.43. The lowest BCUT2D eigenvalue weighted by atomic mass is 10.0. The van der Waals surface area contributed by atoms with E-state index in [4.69, 9.17) is 0 Å². The molecule has 1 aromatic rings. The van der Waals surface area contributed by atoms with E-state index in [-0.39, 0.29) is 0 Å². The molecule has 0 aliphatic carbocycles. The van der Waals surface area contributed by atoms with Gasteiger partial charge in [-0.2, -0.15) is 0 Å². The average molecular weight is 183 g/mol. The first kappa shape index (κ1) is 9.75. The van der Waals surface area contributed by atoms with Crippen molar-refractivity contribution < 1.29 is 0 Å². The molecule has 0 fully saturated rings. The summed E-state index contributed by atoms with van der Waals surface area (Å²) in [7, 11) is 2.01. The summed E-state index contributed by atoms with van der Waals surface area (Å²) in [5.74, 6) is 0.697. The molecule has 1 rings (SSSR count). The van der Waals surface area contributed by atoms with Crippen molar-refractivity contribution in [3.8, 4) is 0 Å². The minimum Gasteiger partial charge on any atom is -0.320 e. The van der Waals surface area contributed by atoms with Crippen LogP contribution in [0.25, 0.3) is 0 Å². The maximum atomic E-state index is 3.18. The van der Waals surface area contributed by atoms with Gasteiger partial charge in [0.05, 0.1) is 0 Å². The van der Waals surface area contributed by atoms with Crippen LogP contribution in [0.2, 0.25) is 0 Å². The smallest absolute Gasteiger partial charge is 0.00171 e. The van der Waals surface area contributed by atoms with E-state index in [0.29, 0.717) is 5.92 Å². The molecule has 0 aromatic carbocycles. The van der Waals surface area contributed by atoms with Gasteiger partial charge in [0.1, 0.15) is 0 Å². The first-order chi connectivity index (χ1) is 5.74. The fraction of sp³-hybridized carbons (Fsp3) is 0.600. The summed E-state index contributed by atoms with van der Waals surface area (Å²) < 4.78 is 0. The zero-order valence-corrected chi connectivity index (χ0v) is 8.87. The third-order valence-electron chi connectivity index (χ3n) is 2.15. The molecular formula is C10H17NS. The molecule has 1 unspecified atom stereocenters. The predicted octanol–water partition coefficient (Wildman–Crippen LogP) is 2.77. The molecule has 0 saturated heterocycles. The molecule has 0 radical (unpaired) electrons. The van der Waals surface area contributed by atoms with Gasteiger partial charge >= 0.3 is 0 Å². The second kappa shape index (κ2) is 4.63. The number of nitrogens with one attached hydrogen (secondary N) is 1. The molecule has 0 aliphatic heterocycles. The number of hydrogen-bond acceptors (Lipinski definition) is 2. The highest BCUT2D eigenvalue weighted by Gasteiger charge is 2.05. The van der Waals surface area contributed by atoms with Gasteiger partial charge < -0.3 is 5.32 Å². The van der Waals surface area contributed by atoms with Gasteiger partial charge in [0.15, 0.2) is 0 Å². The van der Waals surface area contributed by atoms with Crippen molar-refractivity contribution in [2.75, 3.05) is 13.6 Å². The summed E-state index contributed by atoms with van der Waals surface area (Å²) in [6.07, 6.45) is 1.23. The maximum Gasteiger partial charge on any atom is 0.00171 e. The van der Waals surface area contributed by atoms with Crippen LogP contribution in [0.4, 0.5) is 0 Å². The molecule has 1 aromatic heterocycles. The van der Waals surface area contributed by atoms with Crippen LogP contribution in [0, 0.1) is 6.92 Å². The average Bonchev–Trinajstić information content (AvgIpc) is 2.47. The molecule has 0 aliphatic rings. The number of thiophene rings is 1. The standard InChI is InChI=1S/C10H17NS/c1-8(4-5-11-3)10-6-9(2)12-7-10/h6-8,11H,4-5H2,1-3H3. The zero-order valence-electron chi connectivity index (χ0n) is 8.05. The highest BCUT2D eigenvalue weighted by molar-refractivity contribution is 7.10. The number of rotatable bonds is 4. The molecule has 1 nitrogen and oxygen atoms in total. The van der Waals surface area contributed by atoms with Crippen molar-refractivity contribution >= 4 is 11.3 Å². The third-order valence-corrected chi connectivity index (χ3v) is 3.03. The van der Waals surface area contributed by atoms with E-state index in [1.54, 1.807) is 0 Å². The Hall–Kier alpha value is -0.340. The van der Waals surface area contributed by atoms with Crippen LogP contribution >= 0.6 is 11.3 Å². The summed E-state index contributed by atoms with van der Waals surface area (Å²) in [4.78, 5) is 1.42. The van der Waals surface area contributed by atoms with Crippen LogP contribution in [0.15, 0.2) is 11.4 Å².